The van der Waals surface area contributed by atoms with Crippen LogP contribution in [0.2, 0.25) is 0 Å². The van der Waals surface area contributed by atoms with E-state index in [1.54, 1.807) is 10.6 Å². The summed E-state index contributed by atoms with van der Waals surface area (Å²) in [7, 11) is 0. The maximum absolute atomic E-state index is 11.7. The average Bonchev–Trinajstić information content (AvgIpc) is 3.27. The van der Waals surface area contributed by atoms with Crippen LogP contribution in [0.15, 0.2) is 45.2 Å². The van der Waals surface area contributed by atoms with E-state index in [1.165, 1.54) is 6.20 Å². The summed E-state index contributed by atoms with van der Waals surface area (Å²) in [5.41, 5.74) is 3.69. The molecule has 0 unspecified atom stereocenters. The number of hydrogen-bond acceptors (Lipinski definition) is 5. The standard InChI is InChI=1S/C12H13N3O2.C7H6BrN3O/c1-8-7-15-10(12(16)14-8)6-13-11(15)9-2-4-17-5-3-9;1-4-3-11-5(6(12)10-4)2-9-7(11)8/h2,6-7H,3-5H2,1H3,(H,14,16);2-3H,1H3,(H,10,12). The van der Waals surface area contributed by atoms with E-state index in [0.29, 0.717) is 29.0 Å². The van der Waals surface area contributed by atoms with E-state index >= 15 is 0 Å². The third kappa shape index (κ3) is 3.81. The van der Waals surface area contributed by atoms with Gasteiger partial charge in [0.15, 0.2) is 4.73 Å². The molecule has 5 rings (SSSR count). The van der Waals surface area contributed by atoms with Crippen LogP contribution in [0.4, 0.5) is 0 Å². The number of rotatable bonds is 1. The fourth-order valence-electron chi connectivity index (χ4n) is 3.19. The van der Waals surface area contributed by atoms with Gasteiger partial charge in [0.05, 0.1) is 25.6 Å². The second-order valence-electron chi connectivity index (χ2n) is 6.71. The highest BCUT2D eigenvalue weighted by Gasteiger charge is 2.13. The first-order valence-corrected chi connectivity index (χ1v) is 9.80. The summed E-state index contributed by atoms with van der Waals surface area (Å²) in [6.45, 7) is 5.02. The van der Waals surface area contributed by atoms with Crippen molar-refractivity contribution in [2.24, 2.45) is 0 Å². The van der Waals surface area contributed by atoms with Crippen molar-refractivity contribution < 1.29 is 4.74 Å². The van der Waals surface area contributed by atoms with Gasteiger partial charge in [-0.3, -0.25) is 18.4 Å². The summed E-state index contributed by atoms with van der Waals surface area (Å²) >= 11 is 3.23. The number of imidazole rings is 2. The fourth-order valence-corrected chi connectivity index (χ4v) is 3.59. The SMILES string of the molecule is Cc1cn2c(Br)ncc2c(=O)[nH]1.Cc1cn2c(C3=CCOCC3)ncc2c(=O)[nH]1. The van der Waals surface area contributed by atoms with E-state index in [-0.39, 0.29) is 11.1 Å². The van der Waals surface area contributed by atoms with E-state index in [0.717, 1.165) is 29.2 Å². The number of hydrogen-bond donors (Lipinski definition) is 2. The number of fused-ring (bicyclic) bond motifs is 2. The van der Waals surface area contributed by atoms with Crippen LogP contribution in [-0.2, 0) is 4.74 Å². The Bertz CT molecular complexity index is 1340. The molecule has 0 aliphatic carbocycles. The van der Waals surface area contributed by atoms with Crippen LogP contribution in [0.3, 0.4) is 0 Å². The summed E-state index contributed by atoms with van der Waals surface area (Å²) in [6.07, 6.45) is 9.72. The molecule has 0 spiro atoms. The molecule has 2 N–H and O–H groups in total. The summed E-state index contributed by atoms with van der Waals surface area (Å²) in [5.74, 6) is 0.845. The highest BCUT2D eigenvalue weighted by atomic mass is 79.9. The van der Waals surface area contributed by atoms with Gasteiger partial charge in [0.1, 0.15) is 16.9 Å². The van der Waals surface area contributed by atoms with Crippen molar-refractivity contribution in [1.82, 2.24) is 28.7 Å². The van der Waals surface area contributed by atoms with Gasteiger partial charge in [-0.25, -0.2) is 9.97 Å². The molecule has 0 amide bonds. The van der Waals surface area contributed by atoms with Crippen molar-refractivity contribution >= 4 is 32.5 Å². The van der Waals surface area contributed by atoms with Crippen LogP contribution in [0, 0.1) is 13.8 Å². The Kier molecular flexibility index (Phi) is 5.20. The number of nitrogens with zero attached hydrogens (tertiary/aromatic N) is 4. The molecule has 0 saturated carbocycles. The third-order valence-corrected chi connectivity index (χ3v) is 5.12. The second-order valence-corrected chi connectivity index (χ2v) is 7.42. The lowest BCUT2D eigenvalue weighted by molar-refractivity contribution is 0.161. The molecule has 4 aromatic heterocycles. The molecule has 0 radical (unpaired) electrons. The topological polar surface area (TPSA) is 110 Å². The monoisotopic (exact) mass is 458 g/mol. The van der Waals surface area contributed by atoms with Gasteiger partial charge in [0.25, 0.3) is 11.1 Å². The van der Waals surface area contributed by atoms with E-state index < -0.39 is 0 Å². The average molecular weight is 459 g/mol. The quantitative estimate of drug-likeness (QED) is 0.454. The van der Waals surface area contributed by atoms with Crippen molar-refractivity contribution in [3.63, 3.8) is 0 Å². The first-order valence-electron chi connectivity index (χ1n) is 9.00. The highest BCUT2D eigenvalue weighted by Crippen LogP contribution is 2.20. The molecule has 5 heterocycles. The van der Waals surface area contributed by atoms with Crippen LogP contribution in [0.5, 0.6) is 0 Å². The van der Waals surface area contributed by atoms with Gasteiger partial charge in [0, 0.05) is 23.8 Å². The summed E-state index contributed by atoms with van der Waals surface area (Å²) in [6, 6.07) is 0. The maximum atomic E-state index is 11.7. The van der Waals surface area contributed by atoms with Gasteiger partial charge in [0.2, 0.25) is 0 Å². The van der Waals surface area contributed by atoms with Crippen molar-refractivity contribution in [2.45, 2.75) is 20.3 Å². The molecule has 0 aromatic carbocycles. The van der Waals surface area contributed by atoms with Crippen molar-refractivity contribution in [1.29, 1.82) is 0 Å². The van der Waals surface area contributed by atoms with Gasteiger partial charge in [-0.05, 0) is 41.8 Å². The molecule has 150 valence electrons. The zero-order valence-electron chi connectivity index (χ0n) is 15.9. The lowest BCUT2D eigenvalue weighted by Crippen LogP contribution is -2.12. The number of ether oxygens (including phenoxy) is 1. The van der Waals surface area contributed by atoms with Crippen molar-refractivity contribution in [3.05, 3.63) is 73.5 Å². The predicted octanol–water partition coefficient (Wildman–Crippen LogP) is 2.23. The fraction of sp³-hybridized carbons (Fsp3) is 0.263. The van der Waals surface area contributed by atoms with E-state index in [4.69, 9.17) is 4.74 Å². The first kappa shape index (κ1) is 19.3. The zero-order chi connectivity index (χ0) is 20.5. The molecule has 0 fully saturated rings. The minimum absolute atomic E-state index is 0.101. The molecule has 1 aliphatic rings. The van der Waals surface area contributed by atoms with Crippen LogP contribution < -0.4 is 11.1 Å². The Balaban J connectivity index is 0.000000150. The number of aromatic amines is 2. The summed E-state index contributed by atoms with van der Waals surface area (Å²) < 4.78 is 9.48. The van der Waals surface area contributed by atoms with Crippen molar-refractivity contribution in [2.75, 3.05) is 13.2 Å². The number of halogens is 1. The highest BCUT2D eigenvalue weighted by molar-refractivity contribution is 9.10. The first-order chi connectivity index (χ1) is 13.9. The molecule has 1 aliphatic heterocycles. The van der Waals surface area contributed by atoms with E-state index in [9.17, 15) is 9.59 Å². The van der Waals surface area contributed by atoms with Crippen LogP contribution in [0.1, 0.15) is 23.6 Å². The Morgan fingerprint density at radius 2 is 1.62 bits per heavy atom. The molecular weight excluding hydrogens is 440 g/mol. The molecule has 0 atom stereocenters. The molecular formula is C19H19BrN6O3. The number of aromatic nitrogens is 6. The smallest absolute Gasteiger partial charge is 0.274 e. The second kappa shape index (κ2) is 7.80. The molecule has 10 heteroatoms. The van der Waals surface area contributed by atoms with Gasteiger partial charge in [-0.15, -0.1) is 0 Å². The van der Waals surface area contributed by atoms with Crippen LogP contribution in [-0.4, -0.2) is 42.0 Å². The number of aryl methyl sites for hydroxylation is 2. The normalized spacial score (nSPS) is 14.0. The minimum atomic E-state index is -0.117. The lowest BCUT2D eigenvalue weighted by atomic mass is 10.1. The molecule has 0 bridgehead atoms. The van der Waals surface area contributed by atoms with E-state index in [2.05, 4.69) is 35.9 Å². The van der Waals surface area contributed by atoms with Crippen molar-refractivity contribution in [3.8, 4) is 0 Å². The van der Waals surface area contributed by atoms with Crippen LogP contribution in [0.25, 0.3) is 16.6 Å². The molecule has 29 heavy (non-hydrogen) atoms. The number of H-pyrrole nitrogens is 2. The number of nitrogens with one attached hydrogen (secondary N) is 2. The zero-order valence-corrected chi connectivity index (χ0v) is 17.5. The molecule has 0 saturated heterocycles. The van der Waals surface area contributed by atoms with Gasteiger partial charge in [-0.1, -0.05) is 6.08 Å². The lowest BCUT2D eigenvalue weighted by Gasteiger charge is -2.12. The molecule has 4 aromatic rings. The third-order valence-electron chi connectivity index (χ3n) is 4.53. The van der Waals surface area contributed by atoms with Gasteiger partial charge >= 0.3 is 0 Å². The summed E-state index contributed by atoms with van der Waals surface area (Å²) in [5, 5.41) is 0. The predicted molar refractivity (Wildman–Crippen MR) is 112 cm³/mol. The Morgan fingerprint density at radius 1 is 1.00 bits per heavy atom. The Labute approximate surface area is 173 Å². The Morgan fingerprint density at radius 3 is 2.28 bits per heavy atom. The van der Waals surface area contributed by atoms with Gasteiger partial charge in [-0.2, -0.15) is 0 Å². The maximum Gasteiger partial charge on any atom is 0.274 e. The van der Waals surface area contributed by atoms with Gasteiger partial charge < -0.3 is 14.7 Å². The Hall–Kier alpha value is -2.98. The minimum Gasteiger partial charge on any atom is -0.377 e. The largest absolute Gasteiger partial charge is 0.377 e. The summed E-state index contributed by atoms with van der Waals surface area (Å²) in [4.78, 5) is 36.8. The molecule has 9 nitrogen and oxygen atoms in total. The van der Waals surface area contributed by atoms with Crippen LogP contribution >= 0.6 is 15.9 Å². The van der Waals surface area contributed by atoms with E-state index in [1.807, 2.05) is 36.7 Å².